The molecular weight excluding hydrogens is 164 g/mol. The van der Waals surface area contributed by atoms with Crippen LogP contribution in [0.15, 0.2) is 0 Å². The van der Waals surface area contributed by atoms with Crippen molar-refractivity contribution in [3.8, 4) is 0 Å². The van der Waals surface area contributed by atoms with Crippen molar-refractivity contribution in [2.24, 2.45) is 23.0 Å². The number of nitrogens with two attached hydrogens (primary N) is 1. The van der Waals surface area contributed by atoms with Crippen molar-refractivity contribution >= 4 is 5.91 Å². The van der Waals surface area contributed by atoms with Crippen LogP contribution in [0.25, 0.3) is 0 Å². The number of carbonyl (C=O) groups is 1. The van der Waals surface area contributed by atoms with E-state index >= 15 is 0 Å². The minimum Gasteiger partial charge on any atom is -0.369 e. The first kappa shape index (κ1) is 7.80. The van der Waals surface area contributed by atoms with Crippen LogP contribution in [0.4, 0.5) is 0 Å². The molecule has 2 N–H and O–H groups in total. The average Bonchev–Trinajstić information content (AvgIpc) is 2.00. The van der Waals surface area contributed by atoms with Gasteiger partial charge in [0.05, 0.1) is 5.41 Å². The number of amides is 1. The van der Waals surface area contributed by atoms with Crippen molar-refractivity contribution in [2.75, 3.05) is 19.6 Å². The Morgan fingerprint density at radius 1 is 1.31 bits per heavy atom. The van der Waals surface area contributed by atoms with Crippen LogP contribution >= 0.6 is 0 Å². The van der Waals surface area contributed by atoms with Crippen LogP contribution in [0.3, 0.4) is 0 Å². The van der Waals surface area contributed by atoms with E-state index in [-0.39, 0.29) is 11.3 Å². The van der Waals surface area contributed by atoms with Crippen LogP contribution in [0.1, 0.15) is 19.3 Å². The van der Waals surface area contributed by atoms with Gasteiger partial charge in [0.25, 0.3) is 0 Å². The van der Waals surface area contributed by atoms with Crippen molar-refractivity contribution in [1.82, 2.24) is 4.90 Å². The monoisotopic (exact) mass is 180 g/mol. The summed E-state index contributed by atoms with van der Waals surface area (Å²) < 4.78 is 0. The third-order valence-corrected chi connectivity index (χ3v) is 4.11. The lowest BCUT2D eigenvalue weighted by Crippen LogP contribution is -2.62. The zero-order chi connectivity index (χ0) is 9.05. The van der Waals surface area contributed by atoms with Gasteiger partial charge >= 0.3 is 0 Å². The Bertz CT molecular complexity index is 226. The van der Waals surface area contributed by atoms with E-state index < -0.39 is 0 Å². The number of nitrogens with zero attached hydrogens (tertiary/aromatic N) is 1. The van der Waals surface area contributed by atoms with Crippen LogP contribution < -0.4 is 5.73 Å². The van der Waals surface area contributed by atoms with E-state index in [0.29, 0.717) is 0 Å². The molecule has 2 atom stereocenters. The molecule has 4 bridgehead atoms. The van der Waals surface area contributed by atoms with Crippen LogP contribution in [-0.4, -0.2) is 30.4 Å². The highest BCUT2D eigenvalue weighted by Crippen LogP contribution is 2.50. The van der Waals surface area contributed by atoms with Gasteiger partial charge in [-0.1, -0.05) is 0 Å². The third kappa shape index (κ3) is 0.966. The second-order valence-electron chi connectivity index (χ2n) is 5.21. The highest BCUT2D eigenvalue weighted by Gasteiger charge is 2.53. The van der Waals surface area contributed by atoms with Gasteiger partial charge in [-0.25, -0.2) is 0 Å². The molecule has 4 aliphatic rings. The summed E-state index contributed by atoms with van der Waals surface area (Å²) in [6.07, 6.45) is 3.47. The summed E-state index contributed by atoms with van der Waals surface area (Å²) in [6.45, 7) is 3.37. The molecule has 72 valence electrons. The van der Waals surface area contributed by atoms with E-state index in [1.165, 1.54) is 19.5 Å². The fourth-order valence-corrected chi connectivity index (χ4v) is 3.87. The molecule has 3 heteroatoms. The van der Waals surface area contributed by atoms with E-state index in [9.17, 15) is 4.79 Å². The lowest BCUT2D eigenvalue weighted by atomic mass is 9.59. The van der Waals surface area contributed by atoms with Gasteiger partial charge in [-0.05, 0) is 31.1 Å². The molecule has 4 fully saturated rings. The number of hydrogen-bond donors (Lipinski definition) is 1. The molecule has 3 aliphatic heterocycles. The topological polar surface area (TPSA) is 46.3 Å². The fraction of sp³-hybridized carbons (Fsp3) is 0.900. The molecule has 0 aromatic heterocycles. The minimum absolute atomic E-state index is 0.0494. The maximum absolute atomic E-state index is 11.4. The second-order valence-corrected chi connectivity index (χ2v) is 5.21. The van der Waals surface area contributed by atoms with Gasteiger partial charge in [-0.3, -0.25) is 4.79 Å². The molecular formula is C10H16N2O. The number of primary amides is 1. The van der Waals surface area contributed by atoms with Crippen LogP contribution in [0, 0.1) is 17.3 Å². The normalized spacial score (nSPS) is 52.5. The molecule has 3 saturated heterocycles. The van der Waals surface area contributed by atoms with Gasteiger partial charge in [-0.15, -0.1) is 0 Å². The molecule has 1 aliphatic carbocycles. The second kappa shape index (κ2) is 2.27. The van der Waals surface area contributed by atoms with Gasteiger partial charge in [0.1, 0.15) is 0 Å². The van der Waals surface area contributed by atoms with Gasteiger partial charge in [0.15, 0.2) is 0 Å². The average molecular weight is 180 g/mol. The maximum Gasteiger partial charge on any atom is 0.224 e. The summed E-state index contributed by atoms with van der Waals surface area (Å²) >= 11 is 0. The van der Waals surface area contributed by atoms with Crippen LogP contribution in [0.5, 0.6) is 0 Å². The number of carbonyl (C=O) groups excluding carboxylic acids is 1. The highest BCUT2D eigenvalue weighted by molar-refractivity contribution is 5.81. The van der Waals surface area contributed by atoms with E-state index in [2.05, 4.69) is 4.90 Å². The number of hydrogen-bond acceptors (Lipinski definition) is 2. The van der Waals surface area contributed by atoms with E-state index in [1.807, 2.05) is 0 Å². The minimum atomic E-state index is -0.135. The molecule has 4 rings (SSSR count). The van der Waals surface area contributed by atoms with E-state index in [0.717, 1.165) is 31.2 Å². The number of piperidine rings is 3. The predicted molar refractivity (Wildman–Crippen MR) is 48.9 cm³/mol. The molecule has 0 spiro atoms. The van der Waals surface area contributed by atoms with E-state index in [1.54, 1.807) is 0 Å². The van der Waals surface area contributed by atoms with Gasteiger partial charge in [0, 0.05) is 19.6 Å². The summed E-state index contributed by atoms with van der Waals surface area (Å²) in [5, 5.41) is 0. The van der Waals surface area contributed by atoms with Crippen molar-refractivity contribution in [1.29, 1.82) is 0 Å². The lowest BCUT2D eigenvalue weighted by molar-refractivity contribution is -0.146. The molecule has 13 heavy (non-hydrogen) atoms. The summed E-state index contributed by atoms with van der Waals surface area (Å²) in [5.74, 6) is 1.47. The smallest absolute Gasteiger partial charge is 0.224 e. The van der Waals surface area contributed by atoms with Crippen molar-refractivity contribution in [3.05, 3.63) is 0 Å². The maximum atomic E-state index is 11.4. The molecule has 3 heterocycles. The fourth-order valence-electron chi connectivity index (χ4n) is 3.87. The lowest BCUT2D eigenvalue weighted by Gasteiger charge is -2.56. The summed E-state index contributed by atoms with van der Waals surface area (Å²) in [7, 11) is 0. The molecule has 0 radical (unpaired) electrons. The molecule has 3 nitrogen and oxygen atoms in total. The Labute approximate surface area is 78.3 Å². The Balaban J connectivity index is 1.95. The Morgan fingerprint density at radius 2 is 1.92 bits per heavy atom. The zero-order valence-corrected chi connectivity index (χ0v) is 7.83. The Morgan fingerprint density at radius 3 is 2.38 bits per heavy atom. The summed E-state index contributed by atoms with van der Waals surface area (Å²) in [4.78, 5) is 13.9. The Hall–Kier alpha value is -0.570. The quantitative estimate of drug-likeness (QED) is 0.626. The van der Waals surface area contributed by atoms with Crippen LogP contribution in [-0.2, 0) is 4.79 Å². The van der Waals surface area contributed by atoms with Gasteiger partial charge in [-0.2, -0.15) is 0 Å². The predicted octanol–water partition coefficient (Wildman–Crippen LogP) is 0.204. The number of rotatable bonds is 1. The van der Waals surface area contributed by atoms with Gasteiger partial charge < -0.3 is 10.6 Å². The molecule has 0 aromatic rings. The molecule has 0 aromatic carbocycles. The van der Waals surface area contributed by atoms with Crippen molar-refractivity contribution in [3.63, 3.8) is 0 Å². The zero-order valence-electron chi connectivity index (χ0n) is 7.83. The third-order valence-electron chi connectivity index (χ3n) is 4.11. The molecule has 1 amide bonds. The van der Waals surface area contributed by atoms with Crippen LogP contribution in [0.2, 0.25) is 0 Å². The summed E-state index contributed by atoms with van der Waals surface area (Å²) in [5.41, 5.74) is 5.39. The first-order valence-electron chi connectivity index (χ1n) is 5.20. The summed E-state index contributed by atoms with van der Waals surface area (Å²) in [6, 6.07) is 0. The van der Waals surface area contributed by atoms with Gasteiger partial charge in [0.2, 0.25) is 5.91 Å². The Kier molecular flexibility index (Phi) is 1.36. The largest absolute Gasteiger partial charge is 0.369 e. The molecule has 2 unspecified atom stereocenters. The van der Waals surface area contributed by atoms with E-state index in [4.69, 9.17) is 5.73 Å². The first-order chi connectivity index (χ1) is 6.18. The molecule has 1 saturated carbocycles. The highest BCUT2D eigenvalue weighted by atomic mass is 16.1. The first-order valence-corrected chi connectivity index (χ1v) is 5.20. The van der Waals surface area contributed by atoms with Crippen molar-refractivity contribution < 1.29 is 4.79 Å². The SMILES string of the molecule is NC(=O)C12CC3CC(CN(C3)C1)C2. The standard InChI is InChI=1S/C10H16N2O/c11-9(13)10-2-7-1-8(3-10)5-12(4-7)6-10/h7-8H,1-6H2,(H2,11,13). The van der Waals surface area contributed by atoms with Crippen molar-refractivity contribution in [2.45, 2.75) is 19.3 Å².